The summed E-state index contributed by atoms with van der Waals surface area (Å²) in [5, 5.41) is 12.5. The number of aromatic nitrogens is 2. The monoisotopic (exact) mass is 526 g/mol. The third-order valence-electron chi connectivity index (χ3n) is 5.28. The minimum atomic E-state index is -0.925. The summed E-state index contributed by atoms with van der Waals surface area (Å²) in [4.78, 5) is 23.1. The van der Waals surface area contributed by atoms with Crippen molar-refractivity contribution in [3.05, 3.63) is 95.4 Å². The van der Waals surface area contributed by atoms with Crippen LogP contribution in [0, 0.1) is 5.82 Å². The van der Waals surface area contributed by atoms with Crippen LogP contribution in [0.2, 0.25) is 5.02 Å². The summed E-state index contributed by atoms with van der Waals surface area (Å²) in [5.41, 5.74) is 1.61. The quantitative estimate of drug-likeness (QED) is 0.219. The summed E-state index contributed by atoms with van der Waals surface area (Å²) in [6.45, 7) is 4.35. The highest BCUT2D eigenvalue weighted by Gasteiger charge is 2.28. The molecule has 0 unspecified atom stereocenters. The lowest BCUT2D eigenvalue weighted by molar-refractivity contribution is -0.138. The molecule has 36 heavy (non-hydrogen) atoms. The van der Waals surface area contributed by atoms with Gasteiger partial charge in [0.15, 0.2) is 0 Å². The molecule has 0 aliphatic carbocycles. The molecule has 2 aromatic carbocycles. The second kappa shape index (κ2) is 11.0. The standard InChI is InChI=1S/C26H24ClFN4O3S/c1-26(2,25(33)34)36-20-8-5-17(6-9-20)14-32(15-19-4-3-11-35-19)24-13-23(29-16-30-24)31-18-7-10-22(28)21(27)12-18/h3-13,16H,14-15H2,1-2H3,(H,33,34)(H,29,30,31). The zero-order chi connectivity index (χ0) is 25.7. The lowest BCUT2D eigenvalue weighted by atomic mass is 10.2. The van der Waals surface area contributed by atoms with Gasteiger partial charge in [0.25, 0.3) is 0 Å². The molecular weight excluding hydrogens is 503 g/mol. The van der Waals surface area contributed by atoms with E-state index in [1.165, 1.54) is 30.2 Å². The summed E-state index contributed by atoms with van der Waals surface area (Å²) in [6.07, 6.45) is 3.07. The molecule has 186 valence electrons. The van der Waals surface area contributed by atoms with Gasteiger partial charge in [0.1, 0.15) is 34.3 Å². The predicted octanol–water partition coefficient (Wildman–Crippen LogP) is 6.77. The largest absolute Gasteiger partial charge is 0.480 e. The molecule has 0 radical (unpaired) electrons. The maximum absolute atomic E-state index is 13.5. The first kappa shape index (κ1) is 25.5. The van der Waals surface area contributed by atoms with Crippen LogP contribution >= 0.6 is 23.4 Å². The Bertz CT molecular complexity index is 1330. The molecule has 10 heteroatoms. The van der Waals surface area contributed by atoms with Crippen molar-refractivity contribution < 1.29 is 18.7 Å². The number of benzene rings is 2. The Morgan fingerprint density at radius 2 is 1.92 bits per heavy atom. The minimum Gasteiger partial charge on any atom is -0.480 e. The Labute approximate surface area is 217 Å². The van der Waals surface area contributed by atoms with Crippen LogP contribution in [0.3, 0.4) is 0 Å². The second-order valence-electron chi connectivity index (χ2n) is 8.51. The highest BCUT2D eigenvalue weighted by molar-refractivity contribution is 8.01. The zero-order valence-electron chi connectivity index (χ0n) is 19.6. The number of anilines is 3. The number of nitrogens with zero attached hydrogens (tertiary/aromatic N) is 3. The summed E-state index contributed by atoms with van der Waals surface area (Å²) in [5.74, 6) is 0.588. The fourth-order valence-electron chi connectivity index (χ4n) is 3.34. The van der Waals surface area contributed by atoms with Crippen molar-refractivity contribution in [1.29, 1.82) is 0 Å². The first-order chi connectivity index (χ1) is 17.2. The Hall–Kier alpha value is -3.56. The van der Waals surface area contributed by atoms with Crippen LogP contribution in [0.5, 0.6) is 0 Å². The molecule has 4 aromatic rings. The molecule has 0 amide bonds. The fraction of sp³-hybridized carbons (Fsp3) is 0.192. The Morgan fingerprint density at radius 3 is 2.58 bits per heavy atom. The molecule has 2 N–H and O–H groups in total. The van der Waals surface area contributed by atoms with Gasteiger partial charge in [0, 0.05) is 23.2 Å². The number of carboxylic acid groups (broad SMARTS) is 1. The van der Waals surface area contributed by atoms with Crippen LogP contribution in [0.1, 0.15) is 25.2 Å². The van der Waals surface area contributed by atoms with Crippen molar-refractivity contribution in [1.82, 2.24) is 9.97 Å². The van der Waals surface area contributed by atoms with E-state index in [1.54, 1.807) is 32.2 Å². The highest BCUT2D eigenvalue weighted by atomic mass is 35.5. The van der Waals surface area contributed by atoms with Gasteiger partial charge >= 0.3 is 5.97 Å². The Balaban J connectivity index is 1.55. The van der Waals surface area contributed by atoms with Crippen LogP contribution < -0.4 is 10.2 Å². The third kappa shape index (κ3) is 6.56. The van der Waals surface area contributed by atoms with Gasteiger partial charge in [-0.25, -0.2) is 14.4 Å². The van der Waals surface area contributed by atoms with Gasteiger partial charge < -0.3 is 19.7 Å². The molecule has 7 nitrogen and oxygen atoms in total. The molecule has 0 atom stereocenters. The van der Waals surface area contributed by atoms with Crippen molar-refractivity contribution in [2.24, 2.45) is 0 Å². The van der Waals surface area contributed by atoms with Gasteiger partial charge in [-0.05, 0) is 61.9 Å². The number of halogens is 2. The maximum atomic E-state index is 13.5. The SMILES string of the molecule is CC(C)(Sc1ccc(CN(Cc2ccco2)c2cc(Nc3ccc(F)c(Cl)c3)ncn2)cc1)C(=O)O. The first-order valence-electron chi connectivity index (χ1n) is 11.0. The van der Waals surface area contributed by atoms with E-state index in [0.29, 0.717) is 30.4 Å². The van der Waals surface area contributed by atoms with Gasteiger partial charge in [-0.3, -0.25) is 4.79 Å². The van der Waals surface area contributed by atoms with Gasteiger partial charge in [0.2, 0.25) is 0 Å². The van der Waals surface area contributed by atoms with Crippen LogP contribution in [-0.2, 0) is 17.9 Å². The molecule has 0 saturated heterocycles. The van der Waals surface area contributed by atoms with Crippen LogP contribution in [0.4, 0.5) is 21.7 Å². The number of carbonyl (C=O) groups is 1. The molecule has 0 aliphatic rings. The van der Waals surface area contributed by atoms with Crippen molar-refractivity contribution in [3.63, 3.8) is 0 Å². The molecule has 2 heterocycles. The maximum Gasteiger partial charge on any atom is 0.319 e. The molecule has 4 rings (SSSR count). The first-order valence-corrected chi connectivity index (χ1v) is 12.2. The second-order valence-corrected chi connectivity index (χ2v) is 10.6. The van der Waals surface area contributed by atoms with Crippen molar-refractivity contribution >= 4 is 46.7 Å². The lowest BCUT2D eigenvalue weighted by Gasteiger charge is -2.24. The molecular formula is C26H24ClFN4O3S. The van der Waals surface area contributed by atoms with Crippen molar-refractivity contribution in [2.45, 2.75) is 36.6 Å². The average molecular weight is 527 g/mol. The molecule has 0 bridgehead atoms. The fourth-order valence-corrected chi connectivity index (χ4v) is 4.47. The normalized spacial score (nSPS) is 11.3. The number of hydrogen-bond donors (Lipinski definition) is 2. The number of furan rings is 1. The number of rotatable bonds is 10. The highest BCUT2D eigenvalue weighted by Crippen LogP contribution is 2.33. The summed E-state index contributed by atoms with van der Waals surface area (Å²) >= 11 is 7.19. The van der Waals surface area contributed by atoms with E-state index in [0.717, 1.165) is 16.2 Å². The van der Waals surface area contributed by atoms with E-state index < -0.39 is 16.5 Å². The van der Waals surface area contributed by atoms with Crippen molar-refractivity contribution in [3.8, 4) is 0 Å². The van der Waals surface area contributed by atoms with E-state index in [2.05, 4.69) is 15.3 Å². The Kier molecular flexibility index (Phi) is 7.81. The van der Waals surface area contributed by atoms with Gasteiger partial charge in [0.05, 0.1) is 17.8 Å². The van der Waals surface area contributed by atoms with Gasteiger partial charge in [-0.2, -0.15) is 0 Å². The van der Waals surface area contributed by atoms with Gasteiger partial charge in [-0.1, -0.05) is 23.7 Å². The van der Waals surface area contributed by atoms with E-state index in [-0.39, 0.29) is 5.02 Å². The van der Waals surface area contributed by atoms with E-state index in [1.807, 2.05) is 41.3 Å². The number of hydrogen-bond acceptors (Lipinski definition) is 7. The van der Waals surface area contributed by atoms with Crippen LogP contribution in [-0.4, -0.2) is 25.8 Å². The molecule has 2 aromatic heterocycles. The third-order valence-corrected chi connectivity index (χ3v) is 6.76. The van der Waals surface area contributed by atoms with E-state index in [9.17, 15) is 14.3 Å². The van der Waals surface area contributed by atoms with E-state index >= 15 is 0 Å². The minimum absolute atomic E-state index is 0.0158. The summed E-state index contributed by atoms with van der Waals surface area (Å²) in [7, 11) is 0. The zero-order valence-corrected chi connectivity index (χ0v) is 21.2. The molecule has 0 fully saturated rings. The van der Waals surface area contributed by atoms with Crippen LogP contribution in [0.15, 0.2) is 82.6 Å². The molecule has 0 spiro atoms. The smallest absolute Gasteiger partial charge is 0.319 e. The average Bonchev–Trinajstić information content (AvgIpc) is 3.35. The number of thioether (sulfide) groups is 1. The lowest BCUT2D eigenvalue weighted by Crippen LogP contribution is -2.26. The van der Waals surface area contributed by atoms with E-state index in [4.69, 9.17) is 16.0 Å². The number of aliphatic carboxylic acids is 1. The van der Waals surface area contributed by atoms with Crippen LogP contribution in [0.25, 0.3) is 0 Å². The number of carboxylic acids is 1. The molecule has 0 aliphatic heterocycles. The topological polar surface area (TPSA) is 91.5 Å². The van der Waals surface area contributed by atoms with Gasteiger partial charge in [-0.15, -0.1) is 11.8 Å². The summed E-state index contributed by atoms with van der Waals surface area (Å²) in [6, 6.07) is 17.6. The van der Waals surface area contributed by atoms with Crippen molar-refractivity contribution in [2.75, 3.05) is 10.2 Å². The summed E-state index contributed by atoms with van der Waals surface area (Å²) < 4.78 is 18.1. The Morgan fingerprint density at radius 1 is 1.14 bits per heavy atom. The molecule has 0 saturated carbocycles. The predicted molar refractivity (Wildman–Crippen MR) is 139 cm³/mol. The number of nitrogens with one attached hydrogen (secondary N) is 1.